The second-order valence-electron chi connectivity index (χ2n) is 6.64. The molecule has 0 aliphatic carbocycles. The van der Waals surface area contributed by atoms with Gasteiger partial charge in [-0.05, 0) is 6.42 Å². The Balaban J connectivity index is -0.00000288. The fraction of sp³-hybridized carbons (Fsp3) is 0.842. The van der Waals surface area contributed by atoms with Crippen LogP contribution in [0.4, 0.5) is 0 Å². The first kappa shape index (κ1) is 27.6. The monoisotopic (exact) mass is 381 g/mol. The van der Waals surface area contributed by atoms with Crippen molar-refractivity contribution in [2.24, 2.45) is 0 Å². The van der Waals surface area contributed by atoms with E-state index in [-0.39, 0.29) is 49.9 Å². The molecule has 0 aromatic rings. The molecule has 0 aliphatic rings. The number of hydrogen-bond donors (Lipinski definition) is 2. The van der Waals surface area contributed by atoms with Gasteiger partial charge in [0, 0.05) is 13.0 Å². The maximum atomic E-state index is 12.0. The maximum Gasteiger partial charge on any atom is 1.00 e. The van der Waals surface area contributed by atoms with Gasteiger partial charge in [0.25, 0.3) is 0 Å². The van der Waals surface area contributed by atoms with Crippen LogP contribution in [0.2, 0.25) is 0 Å². The van der Waals surface area contributed by atoms with Gasteiger partial charge >= 0.3 is 41.5 Å². The molecule has 0 aromatic carbocycles. The normalized spacial score (nSPS) is 10.2. The summed E-state index contributed by atoms with van der Waals surface area (Å²) in [5, 5.41) is 17.5. The largest absolute Gasteiger partial charge is 1.00 e. The number of unbranched alkanes of at least 4 members (excludes halogenated alkanes) is 10. The van der Waals surface area contributed by atoms with Gasteiger partial charge in [0.05, 0.1) is 6.42 Å². The van der Waals surface area contributed by atoms with Gasteiger partial charge in [-0.3, -0.25) is 14.4 Å². The Hall–Kier alpha value is -0.590. The van der Waals surface area contributed by atoms with E-state index < -0.39 is 18.5 Å². The van der Waals surface area contributed by atoms with Crippen molar-refractivity contribution in [1.29, 1.82) is 0 Å². The van der Waals surface area contributed by atoms with Crippen molar-refractivity contribution in [3.63, 3.8) is 0 Å². The molecule has 0 radical (unpaired) electrons. The molecule has 0 heterocycles. The summed E-state index contributed by atoms with van der Waals surface area (Å²) in [7, 11) is 0. The van der Waals surface area contributed by atoms with E-state index >= 15 is 0 Å². The second kappa shape index (κ2) is 19.2. The number of carboxylic acids is 2. The Kier molecular flexibility index (Phi) is 20.4. The fourth-order valence-electron chi connectivity index (χ4n) is 2.78. The molecule has 0 atom stereocenters. The maximum absolute atomic E-state index is 12.0. The molecule has 0 saturated carbocycles. The Morgan fingerprint density at radius 1 is 0.731 bits per heavy atom. The van der Waals surface area contributed by atoms with E-state index in [1.54, 1.807) is 0 Å². The average molecular weight is 381 g/mol. The van der Waals surface area contributed by atoms with Crippen molar-refractivity contribution in [3.05, 3.63) is 0 Å². The van der Waals surface area contributed by atoms with Gasteiger partial charge in [-0.25, -0.2) is 0 Å². The van der Waals surface area contributed by atoms with Crippen LogP contribution in [-0.2, 0) is 14.4 Å². The standard InChI is InChI=1S/C19H35NO5.Na.H/c1-2-3-4-5-6-7-8-9-10-11-12-13-17(21)20(16-19(24)25)15-14-18(22)23;;/h2-16H2,1H3,(H,22,23)(H,24,25);;/q;+1;-1. The molecule has 0 fully saturated rings. The number of nitrogens with zero attached hydrogens (tertiary/aromatic N) is 1. The van der Waals surface area contributed by atoms with Crippen LogP contribution in [0.3, 0.4) is 0 Å². The van der Waals surface area contributed by atoms with Crippen LogP contribution < -0.4 is 29.6 Å². The van der Waals surface area contributed by atoms with Gasteiger partial charge in [-0.15, -0.1) is 0 Å². The zero-order valence-corrected chi connectivity index (χ0v) is 18.7. The predicted molar refractivity (Wildman–Crippen MR) is 98.7 cm³/mol. The summed E-state index contributed by atoms with van der Waals surface area (Å²) >= 11 is 0. The molecular weight excluding hydrogens is 345 g/mol. The third-order valence-corrected chi connectivity index (χ3v) is 4.27. The molecule has 0 rings (SSSR count). The second-order valence-corrected chi connectivity index (χ2v) is 6.64. The summed E-state index contributed by atoms with van der Waals surface area (Å²) in [6.45, 7) is 1.75. The minimum atomic E-state index is -1.11. The Bertz CT molecular complexity index is 396. The van der Waals surface area contributed by atoms with Crippen molar-refractivity contribution >= 4 is 17.8 Å². The molecule has 0 unspecified atom stereocenters. The van der Waals surface area contributed by atoms with E-state index in [9.17, 15) is 14.4 Å². The minimum absolute atomic E-state index is 0. The van der Waals surface area contributed by atoms with E-state index in [0.717, 1.165) is 24.2 Å². The number of carbonyl (C=O) groups is 3. The van der Waals surface area contributed by atoms with E-state index in [1.807, 2.05) is 0 Å². The van der Waals surface area contributed by atoms with Crippen molar-refractivity contribution < 1.29 is 55.6 Å². The number of carbonyl (C=O) groups excluding carboxylic acids is 1. The average Bonchev–Trinajstić information content (AvgIpc) is 2.55. The SMILES string of the molecule is CCCCCCCCCCCCCC(=O)N(CCC(=O)O)CC(=O)O.[H-].[Na+]. The molecular formula is C19H36NNaO5. The number of aliphatic carboxylic acids is 2. The van der Waals surface area contributed by atoms with Gasteiger partial charge in [0.1, 0.15) is 6.54 Å². The number of rotatable bonds is 17. The van der Waals surface area contributed by atoms with Gasteiger partial charge < -0.3 is 16.5 Å². The van der Waals surface area contributed by atoms with Gasteiger partial charge in [-0.1, -0.05) is 71.1 Å². The zero-order valence-electron chi connectivity index (χ0n) is 17.7. The number of hydrogen-bond acceptors (Lipinski definition) is 3. The predicted octanol–water partition coefficient (Wildman–Crippen LogP) is 1.19. The van der Waals surface area contributed by atoms with E-state index in [0.29, 0.717) is 6.42 Å². The van der Waals surface area contributed by atoms with Crippen molar-refractivity contribution in [2.45, 2.75) is 90.4 Å². The third-order valence-electron chi connectivity index (χ3n) is 4.27. The zero-order chi connectivity index (χ0) is 18.9. The minimum Gasteiger partial charge on any atom is -1.00 e. The van der Waals surface area contributed by atoms with Crippen molar-refractivity contribution in [1.82, 2.24) is 4.90 Å². The topological polar surface area (TPSA) is 94.9 Å². The quantitative estimate of drug-likeness (QED) is 0.292. The molecule has 0 saturated heterocycles. The first-order valence-corrected chi connectivity index (χ1v) is 9.68. The Labute approximate surface area is 181 Å². The van der Waals surface area contributed by atoms with Gasteiger partial charge in [0.2, 0.25) is 5.91 Å². The molecule has 0 bridgehead atoms. The Morgan fingerprint density at radius 2 is 1.19 bits per heavy atom. The van der Waals surface area contributed by atoms with Crippen LogP contribution in [-0.4, -0.2) is 46.0 Å². The molecule has 148 valence electrons. The summed E-state index contributed by atoms with van der Waals surface area (Å²) in [5.74, 6) is -2.41. The first-order valence-electron chi connectivity index (χ1n) is 9.68. The number of amides is 1. The van der Waals surface area contributed by atoms with E-state index in [1.165, 1.54) is 51.4 Å². The molecule has 0 spiro atoms. The van der Waals surface area contributed by atoms with Crippen LogP contribution in [0.5, 0.6) is 0 Å². The molecule has 1 amide bonds. The van der Waals surface area contributed by atoms with Crippen LogP contribution in [0.15, 0.2) is 0 Å². The summed E-state index contributed by atoms with van der Waals surface area (Å²) in [4.78, 5) is 34.5. The van der Waals surface area contributed by atoms with Crippen LogP contribution in [0, 0.1) is 0 Å². The van der Waals surface area contributed by atoms with E-state index in [4.69, 9.17) is 10.2 Å². The molecule has 7 heteroatoms. The van der Waals surface area contributed by atoms with Crippen molar-refractivity contribution in [3.8, 4) is 0 Å². The fourth-order valence-corrected chi connectivity index (χ4v) is 2.78. The van der Waals surface area contributed by atoms with Crippen LogP contribution in [0.1, 0.15) is 91.8 Å². The number of carboxylic acid groups (broad SMARTS) is 2. The third kappa shape index (κ3) is 18.2. The summed E-state index contributed by atoms with van der Waals surface area (Å²) in [6, 6.07) is 0. The molecule has 2 N–H and O–H groups in total. The summed E-state index contributed by atoms with van der Waals surface area (Å²) in [6.07, 6.45) is 13.2. The van der Waals surface area contributed by atoms with Gasteiger partial charge in [0.15, 0.2) is 0 Å². The van der Waals surface area contributed by atoms with Crippen LogP contribution >= 0.6 is 0 Å². The first-order chi connectivity index (χ1) is 12.0. The smallest absolute Gasteiger partial charge is 1.00 e. The summed E-state index contributed by atoms with van der Waals surface area (Å²) in [5.41, 5.74) is 0. The Morgan fingerprint density at radius 3 is 1.62 bits per heavy atom. The van der Waals surface area contributed by atoms with E-state index in [2.05, 4.69) is 6.92 Å². The molecule has 0 aromatic heterocycles. The molecule has 26 heavy (non-hydrogen) atoms. The van der Waals surface area contributed by atoms with Crippen molar-refractivity contribution in [2.75, 3.05) is 13.1 Å². The summed E-state index contributed by atoms with van der Waals surface area (Å²) < 4.78 is 0. The van der Waals surface area contributed by atoms with Crippen LogP contribution in [0.25, 0.3) is 0 Å². The molecule has 6 nitrogen and oxygen atoms in total. The molecule has 0 aliphatic heterocycles. The van der Waals surface area contributed by atoms with Gasteiger partial charge in [-0.2, -0.15) is 0 Å².